The van der Waals surface area contributed by atoms with Crippen LogP contribution in [0.25, 0.3) is 0 Å². The number of nitrogens with zero attached hydrogens (tertiary/aromatic N) is 2. The summed E-state index contributed by atoms with van der Waals surface area (Å²) in [6.45, 7) is 5.63. The van der Waals surface area contributed by atoms with Gasteiger partial charge in [-0.25, -0.2) is 4.98 Å². The molecule has 1 fully saturated rings. The van der Waals surface area contributed by atoms with E-state index in [1.165, 1.54) is 43.6 Å². The van der Waals surface area contributed by atoms with Crippen molar-refractivity contribution in [1.82, 2.24) is 9.88 Å². The van der Waals surface area contributed by atoms with Gasteiger partial charge < -0.3 is 10.2 Å². The number of aromatic nitrogens is 1. The van der Waals surface area contributed by atoms with E-state index in [1.54, 1.807) is 0 Å². The van der Waals surface area contributed by atoms with Crippen molar-refractivity contribution in [3.05, 3.63) is 59.8 Å². The summed E-state index contributed by atoms with van der Waals surface area (Å²) in [4.78, 5) is 6.98. The highest BCUT2D eigenvalue weighted by Gasteiger charge is 2.18. The predicted octanol–water partition coefficient (Wildman–Crippen LogP) is 3.51. The van der Waals surface area contributed by atoms with Crippen LogP contribution in [-0.4, -0.2) is 35.6 Å². The van der Waals surface area contributed by atoms with Crippen LogP contribution < -0.4 is 5.32 Å². The first-order valence-corrected chi connectivity index (χ1v) is 8.25. The Morgan fingerprint density at radius 1 is 1.14 bits per heavy atom. The molecular weight excluding hydrogens is 270 g/mol. The summed E-state index contributed by atoms with van der Waals surface area (Å²) in [7, 11) is 0. The standard InChI is InChI=1S/C19H25N3/c1-16-7-11-20-19(15-16)21-18-9-13-22(14-10-18)12-8-17-5-3-2-4-6-17/h2-7,11,15,18H,8-10,12-14H2,1H3,(H,20,21). The molecule has 3 nitrogen and oxygen atoms in total. The summed E-state index contributed by atoms with van der Waals surface area (Å²) >= 11 is 0. The third kappa shape index (κ3) is 4.31. The molecule has 116 valence electrons. The van der Waals surface area contributed by atoms with E-state index in [4.69, 9.17) is 0 Å². The van der Waals surface area contributed by atoms with E-state index in [0.29, 0.717) is 6.04 Å². The van der Waals surface area contributed by atoms with E-state index in [-0.39, 0.29) is 0 Å². The van der Waals surface area contributed by atoms with Gasteiger partial charge in [0.25, 0.3) is 0 Å². The van der Waals surface area contributed by atoms with E-state index < -0.39 is 0 Å². The molecule has 0 atom stereocenters. The van der Waals surface area contributed by atoms with Crippen LogP contribution in [0.3, 0.4) is 0 Å². The smallest absolute Gasteiger partial charge is 0.126 e. The quantitative estimate of drug-likeness (QED) is 0.915. The Balaban J connectivity index is 1.42. The maximum Gasteiger partial charge on any atom is 0.126 e. The molecule has 0 spiro atoms. The largest absolute Gasteiger partial charge is 0.367 e. The Morgan fingerprint density at radius 2 is 1.91 bits per heavy atom. The Hall–Kier alpha value is -1.87. The van der Waals surface area contributed by atoms with E-state index >= 15 is 0 Å². The molecule has 2 heterocycles. The van der Waals surface area contributed by atoms with Gasteiger partial charge in [-0.2, -0.15) is 0 Å². The topological polar surface area (TPSA) is 28.2 Å². The minimum Gasteiger partial charge on any atom is -0.367 e. The van der Waals surface area contributed by atoms with Gasteiger partial charge in [0.15, 0.2) is 0 Å². The number of nitrogens with one attached hydrogen (secondary N) is 1. The van der Waals surface area contributed by atoms with Crippen LogP contribution in [0.5, 0.6) is 0 Å². The number of likely N-dealkylation sites (tertiary alicyclic amines) is 1. The second-order valence-electron chi connectivity index (χ2n) is 6.21. The molecule has 3 heteroatoms. The first kappa shape index (κ1) is 15.0. The number of hydrogen-bond acceptors (Lipinski definition) is 3. The zero-order valence-electron chi connectivity index (χ0n) is 13.3. The lowest BCUT2D eigenvalue weighted by molar-refractivity contribution is 0.221. The van der Waals surface area contributed by atoms with E-state index in [0.717, 1.165) is 12.2 Å². The van der Waals surface area contributed by atoms with Crippen LogP contribution in [-0.2, 0) is 6.42 Å². The summed E-state index contributed by atoms with van der Waals surface area (Å²) in [5.41, 5.74) is 2.70. The Labute approximate surface area is 133 Å². The molecule has 0 amide bonds. The summed E-state index contributed by atoms with van der Waals surface area (Å²) < 4.78 is 0. The molecule has 1 N–H and O–H groups in total. The fraction of sp³-hybridized carbons (Fsp3) is 0.421. The average Bonchev–Trinajstić information content (AvgIpc) is 2.55. The molecule has 1 aromatic carbocycles. The van der Waals surface area contributed by atoms with Gasteiger partial charge in [-0.05, 0) is 49.4 Å². The van der Waals surface area contributed by atoms with Crippen LogP contribution in [0, 0.1) is 6.92 Å². The number of pyridine rings is 1. The molecule has 0 radical (unpaired) electrons. The highest BCUT2D eigenvalue weighted by molar-refractivity contribution is 5.38. The Morgan fingerprint density at radius 3 is 2.64 bits per heavy atom. The third-order valence-electron chi connectivity index (χ3n) is 4.41. The molecule has 3 rings (SSSR count). The lowest BCUT2D eigenvalue weighted by Gasteiger charge is -2.32. The van der Waals surface area contributed by atoms with Crippen molar-refractivity contribution in [2.24, 2.45) is 0 Å². The molecular formula is C19H25N3. The van der Waals surface area contributed by atoms with E-state index in [9.17, 15) is 0 Å². The van der Waals surface area contributed by atoms with E-state index in [2.05, 4.69) is 58.5 Å². The molecule has 1 aliphatic heterocycles. The first-order chi connectivity index (χ1) is 10.8. The highest BCUT2D eigenvalue weighted by atomic mass is 15.1. The SMILES string of the molecule is Cc1ccnc(NC2CCN(CCc3ccccc3)CC2)c1. The summed E-state index contributed by atoms with van der Waals surface area (Å²) in [5, 5.41) is 3.58. The normalized spacial score (nSPS) is 16.6. The molecule has 0 bridgehead atoms. The van der Waals surface area contributed by atoms with Gasteiger partial charge in [0.05, 0.1) is 0 Å². The molecule has 0 aliphatic carbocycles. The van der Waals surface area contributed by atoms with Crippen molar-refractivity contribution in [3.8, 4) is 0 Å². The molecule has 1 saturated heterocycles. The number of aryl methyl sites for hydroxylation is 1. The van der Waals surface area contributed by atoms with Gasteiger partial charge in [-0.15, -0.1) is 0 Å². The number of benzene rings is 1. The van der Waals surface area contributed by atoms with Gasteiger partial charge >= 0.3 is 0 Å². The summed E-state index contributed by atoms with van der Waals surface area (Å²) in [6, 6.07) is 15.5. The number of piperidine rings is 1. The number of hydrogen-bond donors (Lipinski definition) is 1. The van der Waals surface area contributed by atoms with Crippen molar-refractivity contribution in [2.75, 3.05) is 25.0 Å². The zero-order valence-corrected chi connectivity index (χ0v) is 13.3. The average molecular weight is 295 g/mol. The van der Waals surface area contributed by atoms with Crippen LogP contribution in [0.4, 0.5) is 5.82 Å². The van der Waals surface area contributed by atoms with Crippen LogP contribution >= 0.6 is 0 Å². The lowest BCUT2D eigenvalue weighted by atomic mass is 10.0. The Kier molecular flexibility index (Phi) is 5.07. The monoisotopic (exact) mass is 295 g/mol. The molecule has 1 aliphatic rings. The maximum atomic E-state index is 4.40. The van der Waals surface area contributed by atoms with Crippen molar-refractivity contribution < 1.29 is 0 Å². The molecule has 2 aromatic rings. The fourth-order valence-electron chi connectivity index (χ4n) is 3.06. The molecule has 0 unspecified atom stereocenters. The second-order valence-corrected chi connectivity index (χ2v) is 6.21. The van der Waals surface area contributed by atoms with Crippen LogP contribution in [0.1, 0.15) is 24.0 Å². The Bertz CT molecular complexity index is 574. The van der Waals surface area contributed by atoms with Crippen LogP contribution in [0.2, 0.25) is 0 Å². The highest BCUT2D eigenvalue weighted by Crippen LogP contribution is 2.16. The predicted molar refractivity (Wildman–Crippen MR) is 92.2 cm³/mol. The van der Waals surface area contributed by atoms with Gasteiger partial charge in [0.1, 0.15) is 5.82 Å². The third-order valence-corrected chi connectivity index (χ3v) is 4.41. The molecule has 22 heavy (non-hydrogen) atoms. The first-order valence-electron chi connectivity index (χ1n) is 8.25. The van der Waals surface area contributed by atoms with Gasteiger partial charge in [-0.1, -0.05) is 30.3 Å². The van der Waals surface area contributed by atoms with Crippen LogP contribution in [0.15, 0.2) is 48.7 Å². The minimum atomic E-state index is 0.558. The molecule has 0 saturated carbocycles. The maximum absolute atomic E-state index is 4.40. The molecule has 1 aromatic heterocycles. The van der Waals surface area contributed by atoms with Gasteiger partial charge in [0, 0.05) is 31.9 Å². The van der Waals surface area contributed by atoms with E-state index in [1.807, 2.05) is 12.3 Å². The lowest BCUT2D eigenvalue weighted by Crippen LogP contribution is -2.40. The number of rotatable bonds is 5. The zero-order chi connectivity index (χ0) is 15.2. The summed E-state index contributed by atoms with van der Waals surface area (Å²) in [5.74, 6) is 1.02. The van der Waals surface area contributed by atoms with Crippen molar-refractivity contribution in [3.63, 3.8) is 0 Å². The minimum absolute atomic E-state index is 0.558. The fourth-order valence-corrected chi connectivity index (χ4v) is 3.06. The van der Waals surface area contributed by atoms with Gasteiger partial charge in [-0.3, -0.25) is 0 Å². The second kappa shape index (κ2) is 7.41. The summed E-state index contributed by atoms with van der Waals surface area (Å²) in [6.07, 6.45) is 5.43. The van der Waals surface area contributed by atoms with Crippen molar-refractivity contribution in [2.45, 2.75) is 32.2 Å². The van der Waals surface area contributed by atoms with Crippen molar-refractivity contribution >= 4 is 5.82 Å². The van der Waals surface area contributed by atoms with Gasteiger partial charge in [0.2, 0.25) is 0 Å². The number of anilines is 1. The van der Waals surface area contributed by atoms with Crippen molar-refractivity contribution in [1.29, 1.82) is 0 Å².